The van der Waals surface area contributed by atoms with Gasteiger partial charge >= 0.3 is 0 Å². The molecule has 0 aliphatic heterocycles. The van der Waals surface area contributed by atoms with Crippen LogP contribution in [-0.2, 0) is 6.54 Å². The first kappa shape index (κ1) is 14.6. The van der Waals surface area contributed by atoms with Crippen LogP contribution in [0.25, 0.3) is 5.69 Å². The molecule has 102 valence electrons. The van der Waals surface area contributed by atoms with Gasteiger partial charge in [-0.15, -0.1) is 0 Å². The van der Waals surface area contributed by atoms with E-state index in [0.717, 1.165) is 39.7 Å². The molecular formula is C14H17BrClN3. The van der Waals surface area contributed by atoms with Crippen molar-refractivity contribution in [1.82, 2.24) is 15.1 Å². The molecule has 0 saturated carbocycles. The van der Waals surface area contributed by atoms with E-state index in [2.05, 4.69) is 45.4 Å². The van der Waals surface area contributed by atoms with Crippen molar-refractivity contribution in [3.63, 3.8) is 0 Å². The van der Waals surface area contributed by atoms with E-state index in [1.807, 2.05) is 24.6 Å². The minimum atomic E-state index is 0.731. The molecule has 1 aromatic carbocycles. The number of nitrogens with zero attached hydrogens (tertiary/aromatic N) is 2. The Morgan fingerprint density at radius 3 is 2.68 bits per heavy atom. The topological polar surface area (TPSA) is 29.9 Å². The molecule has 0 aliphatic carbocycles. The third-order valence-corrected chi connectivity index (χ3v) is 4.08. The monoisotopic (exact) mass is 341 g/mol. The van der Waals surface area contributed by atoms with E-state index in [1.54, 1.807) is 0 Å². The van der Waals surface area contributed by atoms with Crippen molar-refractivity contribution in [3.8, 4) is 5.69 Å². The lowest BCUT2D eigenvalue weighted by Crippen LogP contribution is -2.14. The number of hydrogen-bond donors (Lipinski definition) is 1. The molecule has 0 atom stereocenters. The third kappa shape index (κ3) is 3.02. The zero-order valence-electron chi connectivity index (χ0n) is 11.3. The molecule has 5 heteroatoms. The van der Waals surface area contributed by atoms with Crippen LogP contribution in [-0.4, -0.2) is 16.3 Å². The summed E-state index contributed by atoms with van der Waals surface area (Å²) in [6, 6.07) is 6.22. The zero-order chi connectivity index (χ0) is 14.0. The molecular weight excluding hydrogens is 326 g/mol. The molecule has 1 heterocycles. The van der Waals surface area contributed by atoms with Crippen molar-refractivity contribution in [1.29, 1.82) is 0 Å². The van der Waals surface area contributed by atoms with Gasteiger partial charge in [0.1, 0.15) is 0 Å². The van der Waals surface area contributed by atoms with Gasteiger partial charge in [0.05, 0.1) is 22.1 Å². The van der Waals surface area contributed by atoms with Gasteiger partial charge in [0.25, 0.3) is 0 Å². The Balaban J connectivity index is 2.52. The largest absolute Gasteiger partial charge is 0.313 e. The summed E-state index contributed by atoms with van der Waals surface area (Å²) >= 11 is 9.75. The fraction of sp³-hybridized carbons (Fsp3) is 0.357. The Morgan fingerprint density at radius 2 is 2.11 bits per heavy atom. The first-order valence-electron chi connectivity index (χ1n) is 6.25. The van der Waals surface area contributed by atoms with E-state index in [9.17, 15) is 0 Å². The summed E-state index contributed by atoms with van der Waals surface area (Å²) in [5, 5.41) is 8.60. The summed E-state index contributed by atoms with van der Waals surface area (Å²) < 4.78 is 2.95. The van der Waals surface area contributed by atoms with Crippen LogP contribution in [0, 0.1) is 13.8 Å². The van der Waals surface area contributed by atoms with Crippen LogP contribution >= 0.6 is 27.5 Å². The van der Waals surface area contributed by atoms with Crippen LogP contribution in [0.1, 0.15) is 23.9 Å². The SMILES string of the molecule is CCNCc1ccc(Br)cc1-n1nc(C)c(Cl)c1C. The van der Waals surface area contributed by atoms with Crippen molar-refractivity contribution in [3.05, 3.63) is 44.6 Å². The molecule has 19 heavy (non-hydrogen) atoms. The predicted molar refractivity (Wildman–Crippen MR) is 83.1 cm³/mol. The second-order valence-corrected chi connectivity index (χ2v) is 5.74. The number of halogens is 2. The Bertz CT molecular complexity index is 593. The summed E-state index contributed by atoms with van der Waals surface area (Å²) in [6.07, 6.45) is 0. The van der Waals surface area contributed by atoms with E-state index in [4.69, 9.17) is 11.6 Å². The van der Waals surface area contributed by atoms with E-state index in [0.29, 0.717) is 0 Å². The van der Waals surface area contributed by atoms with Crippen molar-refractivity contribution >= 4 is 27.5 Å². The van der Waals surface area contributed by atoms with Gasteiger partial charge in [-0.25, -0.2) is 4.68 Å². The highest BCUT2D eigenvalue weighted by molar-refractivity contribution is 9.10. The average molecular weight is 343 g/mol. The van der Waals surface area contributed by atoms with E-state index >= 15 is 0 Å². The summed E-state index contributed by atoms with van der Waals surface area (Å²) in [5.74, 6) is 0. The maximum absolute atomic E-state index is 6.23. The second-order valence-electron chi connectivity index (χ2n) is 4.45. The van der Waals surface area contributed by atoms with E-state index in [-0.39, 0.29) is 0 Å². The highest BCUT2D eigenvalue weighted by atomic mass is 79.9. The van der Waals surface area contributed by atoms with E-state index in [1.165, 1.54) is 5.56 Å². The number of benzene rings is 1. The van der Waals surface area contributed by atoms with Gasteiger partial charge in [-0.3, -0.25) is 0 Å². The summed E-state index contributed by atoms with van der Waals surface area (Å²) in [6.45, 7) is 7.76. The molecule has 0 unspecified atom stereocenters. The lowest BCUT2D eigenvalue weighted by molar-refractivity contribution is 0.713. The number of rotatable bonds is 4. The Kier molecular flexibility index (Phi) is 4.66. The first-order valence-corrected chi connectivity index (χ1v) is 7.43. The first-order chi connectivity index (χ1) is 9.04. The quantitative estimate of drug-likeness (QED) is 0.909. The standard InChI is InChI=1S/C14H17BrClN3/c1-4-17-8-11-5-6-12(15)7-13(11)19-10(3)14(16)9(2)18-19/h5-7,17H,4,8H2,1-3H3. The second kappa shape index (κ2) is 6.07. The van der Waals surface area contributed by atoms with Gasteiger partial charge in [0.2, 0.25) is 0 Å². The molecule has 0 amide bonds. The molecule has 0 fully saturated rings. The fourth-order valence-electron chi connectivity index (χ4n) is 2.00. The van der Waals surface area contributed by atoms with Gasteiger partial charge in [0, 0.05) is 11.0 Å². The maximum atomic E-state index is 6.23. The van der Waals surface area contributed by atoms with Gasteiger partial charge < -0.3 is 5.32 Å². The Hall–Kier alpha value is -0.840. The van der Waals surface area contributed by atoms with Crippen LogP contribution in [0.5, 0.6) is 0 Å². The normalized spacial score (nSPS) is 11.0. The molecule has 0 saturated heterocycles. The summed E-state index contributed by atoms with van der Waals surface area (Å²) in [7, 11) is 0. The van der Waals surface area contributed by atoms with Crippen molar-refractivity contribution in [2.45, 2.75) is 27.3 Å². The molecule has 2 rings (SSSR count). The lowest BCUT2D eigenvalue weighted by atomic mass is 10.1. The molecule has 1 aromatic heterocycles. The molecule has 1 N–H and O–H groups in total. The minimum absolute atomic E-state index is 0.731. The maximum Gasteiger partial charge on any atom is 0.0848 e. The van der Waals surface area contributed by atoms with Gasteiger partial charge in [-0.2, -0.15) is 5.10 Å². The third-order valence-electron chi connectivity index (χ3n) is 3.04. The molecule has 0 bridgehead atoms. The van der Waals surface area contributed by atoms with E-state index < -0.39 is 0 Å². The molecule has 3 nitrogen and oxygen atoms in total. The van der Waals surface area contributed by atoms with Crippen LogP contribution in [0.15, 0.2) is 22.7 Å². The molecule has 0 aliphatic rings. The highest BCUT2D eigenvalue weighted by Crippen LogP contribution is 2.26. The van der Waals surface area contributed by atoms with Gasteiger partial charge in [-0.1, -0.05) is 40.5 Å². The Labute approximate surface area is 127 Å². The van der Waals surface area contributed by atoms with Crippen LogP contribution in [0.2, 0.25) is 5.02 Å². The molecule has 0 spiro atoms. The fourth-order valence-corrected chi connectivity index (χ4v) is 2.47. The highest BCUT2D eigenvalue weighted by Gasteiger charge is 2.13. The van der Waals surface area contributed by atoms with Crippen molar-refractivity contribution in [2.24, 2.45) is 0 Å². The average Bonchev–Trinajstić information content (AvgIpc) is 2.65. The van der Waals surface area contributed by atoms with Crippen LogP contribution < -0.4 is 5.32 Å². The number of aryl methyl sites for hydroxylation is 1. The smallest absolute Gasteiger partial charge is 0.0848 e. The number of nitrogens with one attached hydrogen (secondary N) is 1. The van der Waals surface area contributed by atoms with Crippen LogP contribution in [0.4, 0.5) is 0 Å². The van der Waals surface area contributed by atoms with Gasteiger partial charge in [0.15, 0.2) is 0 Å². The number of aromatic nitrogens is 2. The van der Waals surface area contributed by atoms with Crippen LogP contribution in [0.3, 0.4) is 0 Å². The van der Waals surface area contributed by atoms with Crippen molar-refractivity contribution < 1.29 is 0 Å². The Morgan fingerprint density at radius 1 is 1.37 bits per heavy atom. The lowest BCUT2D eigenvalue weighted by Gasteiger charge is -2.12. The van der Waals surface area contributed by atoms with Crippen molar-refractivity contribution in [2.75, 3.05) is 6.54 Å². The number of hydrogen-bond acceptors (Lipinski definition) is 2. The zero-order valence-corrected chi connectivity index (χ0v) is 13.6. The summed E-state index contributed by atoms with van der Waals surface area (Å²) in [5.41, 5.74) is 4.08. The summed E-state index contributed by atoms with van der Waals surface area (Å²) in [4.78, 5) is 0. The predicted octanol–water partition coefficient (Wildman–Crippen LogP) is 4.01. The molecule has 0 radical (unpaired) electrons. The molecule has 2 aromatic rings. The minimum Gasteiger partial charge on any atom is -0.313 e. The van der Waals surface area contributed by atoms with Gasteiger partial charge in [-0.05, 0) is 38.1 Å².